The average molecular weight is 359 g/mol. The van der Waals surface area contributed by atoms with Gasteiger partial charge >= 0.3 is 0 Å². The highest BCUT2D eigenvalue weighted by molar-refractivity contribution is 7.89. The van der Waals surface area contributed by atoms with Gasteiger partial charge in [0.15, 0.2) is 0 Å². The number of primary sulfonamides is 1. The van der Waals surface area contributed by atoms with Gasteiger partial charge in [0.05, 0.1) is 10.9 Å². The summed E-state index contributed by atoms with van der Waals surface area (Å²) >= 11 is 0. The van der Waals surface area contributed by atoms with Crippen LogP contribution in [0, 0.1) is 0 Å². The summed E-state index contributed by atoms with van der Waals surface area (Å²) in [6.07, 6.45) is 0.911. The summed E-state index contributed by atoms with van der Waals surface area (Å²) in [5.41, 5.74) is 2.98. The minimum absolute atomic E-state index is 0.0233. The van der Waals surface area contributed by atoms with Crippen molar-refractivity contribution in [2.75, 3.05) is 11.9 Å². The lowest BCUT2D eigenvalue weighted by Gasteiger charge is -2.32. The van der Waals surface area contributed by atoms with Gasteiger partial charge < -0.3 is 5.32 Å². The van der Waals surface area contributed by atoms with E-state index in [-0.39, 0.29) is 16.8 Å². The van der Waals surface area contributed by atoms with Gasteiger partial charge in [-0.1, -0.05) is 30.3 Å². The second-order valence-electron chi connectivity index (χ2n) is 6.23. The van der Waals surface area contributed by atoms with Crippen LogP contribution < -0.4 is 10.5 Å². The molecule has 0 radical (unpaired) electrons. The van der Waals surface area contributed by atoms with Gasteiger partial charge in [-0.3, -0.25) is 9.69 Å². The van der Waals surface area contributed by atoms with Crippen LogP contribution in [0.15, 0.2) is 53.4 Å². The molecule has 2 aromatic rings. The Morgan fingerprint density at radius 1 is 1.16 bits per heavy atom. The monoisotopic (exact) mass is 359 g/mol. The topological polar surface area (TPSA) is 92.5 Å². The van der Waals surface area contributed by atoms with E-state index in [1.54, 1.807) is 12.1 Å². The molecule has 1 amide bonds. The molecule has 1 heterocycles. The number of rotatable bonds is 4. The van der Waals surface area contributed by atoms with Gasteiger partial charge in [-0.15, -0.1) is 0 Å². The van der Waals surface area contributed by atoms with Crippen molar-refractivity contribution in [2.24, 2.45) is 5.14 Å². The van der Waals surface area contributed by atoms with Crippen LogP contribution in [0.25, 0.3) is 0 Å². The molecule has 1 aliphatic rings. The number of carbonyl (C=O) groups excluding carboxylic acids is 1. The van der Waals surface area contributed by atoms with E-state index >= 15 is 0 Å². The van der Waals surface area contributed by atoms with Crippen molar-refractivity contribution in [1.82, 2.24) is 4.90 Å². The molecule has 2 aromatic carbocycles. The normalized spacial score (nSPS) is 16.1. The number of nitrogens with one attached hydrogen (secondary N) is 1. The number of hydrogen-bond acceptors (Lipinski definition) is 4. The fourth-order valence-electron chi connectivity index (χ4n) is 3.01. The maximum atomic E-state index is 12.6. The lowest BCUT2D eigenvalue weighted by Crippen LogP contribution is -2.44. The number of anilines is 1. The largest absolute Gasteiger partial charge is 0.325 e. The Morgan fingerprint density at radius 2 is 1.88 bits per heavy atom. The fraction of sp³-hybridized carbons (Fsp3) is 0.278. The predicted octanol–water partition coefficient (Wildman–Crippen LogP) is 1.72. The molecule has 1 atom stereocenters. The maximum Gasteiger partial charge on any atom is 0.241 e. The fourth-order valence-corrected chi connectivity index (χ4v) is 3.57. The molecule has 0 saturated carbocycles. The van der Waals surface area contributed by atoms with Gasteiger partial charge in [-0.2, -0.15) is 0 Å². The number of nitrogens with zero attached hydrogens (tertiary/aromatic N) is 1. The third kappa shape index (κ3) is 4.07. The molecule has 3 N–H and O–H groups in total. The quantitative estimate of drug-likeness (QED) is 0.869. The number of sulfonamides is 1. The molecule has 25 heavy (non-hydrogen) atoms. The maximum absolute atomic E-state index is 12.6. The summed E-state index contributed by atoms with van der Waals surface area (Å²) < 4.78 is 22.9. The van der Waals surface area contributed by atoms with E-state index in [4.69, 9.17) is 5.14 Å². The molecular formula is C18H21N3O3S. The molecule has 0 saturated heterocycles. The SMILES string of the molecule is C[C@@H](C(=O)Nc1cccc(S(N)(=O)=O)c1)N1CCc2ccccc2C1. The zero-order chi connectivity index (χ0) is 18.0. The minimum Gasteiger partial charge on any atom is -0.325 e. The Bertz CT molecular complexity index is 896. The Balaban J connectivity index is 1.70. The number of carbonyl (C=O) groups is 1. The molecule has 6 nitrogen and oxygen atoms in total. The van der Waals surface area contributed by atoms with E-state index in [1.807, 2.05) is 19.1 Å². The standard InChI is InChI=1S/C18H21N3O3S/c1-13(21-10-9-14-5-2-3-6-15(14)12-21)18(22)20-16-7-4-8-17(11-16)25(19,23)24/h2-8,11,13H,9-10,12H2,1H3,(H,20,22)(H2,19,23,24)/t13-/m0/s1. The number of hydrogen-bond donors (Lipinski definition) is 2. The summed E-state index contributed by atoms with van der Waals surface area (Å²) in [6, 6.07) is 13.9. The summed E-state index contributed by atoms with van der Waals surface area (Å²) in [4.78, 5) is 14.6. The van der Waals surface area contributed by atoms with Gasteiger partial charge in [-0.25, -0.2) is 13.6 Å². The van der Waals surface area contributed by atoms with E-state index in [0.29, 0.717) is 5.69 Å². The van der Waals surface area contributed by atoms with Crippen molar-refractivity contribution >= 4 is 21.6 Å². The summed E-state index contributed by atoms with van der Waals surface area (Å²) in [5.74, 6) is -0.175. The van der Waals surface area contributed by atoms with E-state index in [1.165, 1.54) is 23.3 Å². The summed E-state index contributed by atoms with van der Waals surface area (Å²) in [6.45, 7) is 3.39. The Labute approximate surface area is 147 Å². The molecule has 0 spiro atoms. The zero-order valence-electron chi connectivity index (χ0n) is 14.0. The van der Waals surface area contributed by atoms with Crippen molar-refractivity contribution in [3.05, 3.63) is 59.7 Å². The zero-order valence-corrected chi connectivity index (χ0v) is 14.8. The number of benzene rings is 2. The molecule has 0 bridgehead atoms. The van der Waals surface area contributed by atoms with Crippen molar-refractivity contribution in [3.63, 3.8) is 0 Å². The van der Waals surface area contributed by atoms with E-state index in [2.05, 4.69) is 22.3 Å². The smallest absolute Gasteiger partial charge is 0.241 e. The lowest BCUT2D eigenvalue weighted by atomic mass is 9.99. The van der Waals surface area contributed by atoms with Crippen LogP contribution in [0.2, 0.25) is 0 Å². The van der Waals surface area contributed by atoms with Crippen LogP contribution in [0.5, 0.6) is 0 Å². The second kappa shape index (κ2) is 6.95. The molecule has 132 valence electrons. The first-order valence-corrected chi connectivity index (χ1v) is 9.64. The first kappa shape index (κ1) is 17.6. The van der Waals surface area contributed by atoms with E-state index < -0.39 is 10.0 Å². The van der Waals surface area contributed by atoms with Crippen LogP contribution in [-0.4, -0.2) is 31.8 Å². The molecule has 7 heteroatoms. The summed E-state index contributed by atoms with van der Waals surface area (Å²) in [5, 5.41) is 7.90. The molecule has 1 aliphatic heterocycles. The van der Waals surface area contributed by atoms with Crippen LogP contribution in [0.3, 0.4) is 0 Å². The Hall–Kier alpha value is -2.22. The van der Waals surface area contributed by atoms with Gasteiger partial charge in [0.2, 0.25) is 15.9 Å². The predicted molar refractivity (Wildman–Crippen MR) is 96.5 cm³/mol. The number of nitrogens with two attached hydrogens (primary N) is 1. The van der Waals surface area contributed by atoms with E-state index in [9.17, 15) is 13.2 Å². The molecule has 0 fully saturated rings. The number of fused-ring (bicyclic) bond motifs is 1. The van der Waals surface area contributed by atoms with Gasteiger partial charge in [0, 0.05) is 18.8 Å². The third-order valence-corrected chi connectivity index (χ3v) is 5.43. The van der Waals surface area contributed by atoms with E-state index in [0.717, 1.165) is 19.5 Å². The second-order valence-corrected chi connectivity index (χ2v) is 7.79. The van der Waals surface area contributed by atoms with Crippen LogP contribution >= 0.6 is 0 Å². The van der Waals surface area contributed by atoms with Crippen LogP contribution in [-0.2, 0) is 27.8 Å². The highest BCUT2D eigenvalue weighted by Gasteiger charge is 2.25. The van der Waals surface area contributed by atoms with Gasteiger partial charge in [-0.05, 0) is 42.7 Å². The molecule has 0 unspecified atom stereocenters. The van der Waals surface area contributed by atoms with Gasteiger partial charge in [0.25, 0.3) is 0 Å². The summed E-state index contributed by atoms with van der Waals surface area (Å²) in [7, 11) is -3.80. The highest BCUT2D eigenvalue weighted by Crippen LogP contribution is 2.21. The minimum atomic E-state index is -3.80. The van der Waals surface area contributed by atoms with Crippen LogP contribution in [0.4, 0.5) is 5.69 Å². The first-order valence-electron chi connectivity index (χ1n) is 8.09. The van der Waals surface area contributed by atoms with Crippen molar-refractivity contribution in [1.29, 1.82) is 0 Å². The third-order valence-electron chi connectivity index (χ3n) is 4.52. The van der Waals surface area contributed by atoms with Crippen molar-refractivity contribution < 1.29 is 13.2 Å². The highest BCUT2D eigenvalue weighted by atomic mass is 32.2. The Kier molecular flexibility index (Phi) is 4.89. The average Bonchev–Trinajstić information content (AvgIpc) is 2.60. The Morgan fingerprint density at radius 3 is 2.60 bits per heavy atom. The lowest BCUT2D eigenvalue weighted by molar-refractivity contribution is -0.121. The number of amides is 1. The molecule has 0 aromatic heterocycles. The van der Waals surface area contributed by atoms with Gasteiger partial charge in [0.1, 0.15) is 0 Å². The molecular weight excluding hydrogens is 338 g/mol. The van der Waals surface area contributed by atoms with Crippen LogP contribution in [0.1, 0.15) is 18.1 Å². The molecule has 0 aliphatic carbocycles. The first-order chi connectivity index (χ1) is 11.8. The molecule has 3 rings (SSSR count). The van der Waals surface area contributed by atoms with Crippen molar-refractivity contribution in [3.8, 4) is 0 Å². The van der Waals surface area contributed by atoms with Crippen molar-refractivity contribution in [2.45, 2.75) is 30.8 Å².